The summed E-state index contributed by atoms with van der Waals surface area (Å²) in [5, 5.41) is 0.177. The molecule has 2 heterocycles. The summed E-state index contributed by atoms with van der Waals surface area (Å²) in [7, 11) is 0. The normalized spacial score (nSPS) is 24.2. The van der Waals surface area contributed by atoms with Crippen LogP contribution in [-0.4, -0.2) is 29.0 Å². The molecule has 2 amide bonds. The van der Waals surface area contributed by atoms with E-state index in [1.165, 1.54) is 24.3 Å². The van der Waals surface area contributed by atoms with Crippen LogP contribution in [-0.2, 0) is 20.5 Å². The monoisotopic (exact) mass is 525 g/mol. The lowest BCUT2D eigenvalue weighted by molar-refractivity contribution is -0.137. The highest BCUT2D eigenvalue weighted by molar-refractivity contribution is 6.37. The summed E-state index contributed by atoms with van der Waals surface area (Å²) in [4.78, 5) is 55.6. The predicted molar refractivity (Wildman–Crippen MR) is 124 cm³/mol. The molecule has 0 bridgehead atoms. The van der Waals surface area contributed by atoms with Crippen molar-refractivity contribution in [3.8, 4) is 0 Å². The van der Waals surface area contributed by atoms with Crippen molar-refractivity contribution in [2.24, 2.45) is 11.8 Å². The van der Waals surface area contributed by atoms with E-state index in [1.807, 2.05) is 0 Å². The van der Waals surface area contributed by atoms with Gasteiger partial charge in [0.15, 0.2) is 0 Å². The summed E-state index contributed by atoms with van der Waals surface area (Å²) in [6.45, 7) is 0. The molecule has 2 saturated heterocycles. The van der Waals surface area contributed by atoms with Crippen LogP contribution in [0.4, 0.5) is 18.9 Å². The number of carbonyl (C=O) groups excluding carboxylic acids is 4. The van der Waals surface area contributed by atoms with Crippen LogP contribution in [0.2, 0.25) is 5.02 Å². The molecule has 0 saturated carbocycles. The third-order valence-corrected chi connectivity index (χ3v) is 7.51. The lowest BCUT2D eigenvalue weighted by Gasteiger charge is -2.27. The molecule has 2 fully saturated rings. The molecular weight excluding hydrogens is 511 g/mol. The van der Waals surface area contributed by atoms with Crippen molar-refractivity contribution in [2.45, 2.75) is 17.9 Å². The van der Waals surface area contributed by atoms with Crippen LogP contribution in [0.5, 0.6) is 0 Å². The molecule has 2 aliphatic heterocycles. The van der Waals surface area contributed by atoms with E-state index in [2.05, 4.69) is 0 Å². The van der Waals surface area contributed by atoms with E-state index in [9.17, 15) is 32.3 Å². The highest BCUT2D eigenvalue weighted by atomic mass is 35.5. The van der Waals surface area contributed by atoms with Gasteiger partial charge in [0, 0.05) is 21.7 Å². The van der Waals surface area contributed by atoms with Crippen molar-refractivity contribution in [3.63, 3.8) is 0 Å². The van der Waals surface area contributed by atoms with Gasteiger partial charge >= 0.3 is 6.18 Å². The maximum Gasteiger partial charge on any atom is 0.416 e. The quantitative estimate of drug-likeness (QED) is 0.345. The molecule has 0 unspecified atom stereocenters. The molecule has 3 aromatic carbocycles. The SMILES string of the molecule is O=C1[C@H]2[C@@H](C(=O)N1c1cccc(C(F)(F)F)c1)C1(O[C@H]2c2ccccc2Cl)C(=O)c2ccccc2C1=O. The van der Waals surface area contributed by atoms with Crippen LogP contribution in [0.3, 0.4) is 0 Å². The molecule has 186 valence electrons. The van der Waals surface area contributed by atoms with Gasteiger partial charge in [-0.05, 0) is 24.3 Å². The van der Waals surface area contributed by atoms with E-state index < -0.39 is 58.7 Å². The molecule has 1 aliphatic carbocycles. The largest absolute Gasteiger partial charge is 0.416 e. The van der Waals surface area contributed by atoms with Crippen molar-refractivity contribution in [3.05, 3.63) is 100 Å². The Kier molecular flexibility index (Phi) is 4.99. The van der Waals surface area contributed by atoms with Crippen molar-refractivity contribution in [2.75, 3.05) is 4.90 Å². The Balaban J connectivity index is 1.54. The number of hydrogen-bond acceptors (Lipinski definition) is 5. The first-order valence-corrected chi connectivity index (χ1v) is 11.6. The van der Waals surface area contributed by atoms with Gasteiger partial charge in [0.25, 0.3) is 0 Å². The van der Waals surface area contributed by atoms with Gasteiger partial charge < -0.3 is 4.74 Å². The number of nitrogens with zero attached hydrogens (tertiary/aromatic N) is 1. The summed E-state index contributed by atoms with van der Waals surface area (Å²) in [6.07, 6.45) is -5.99. The predicted octanol–water partition coefficient (Wildman–Crippen LogP) is 5.05. The zero-order valence-corrected chi connectivity index (χ0v) is 19.4. The molecule has 3 aliphatic rings. The smallest absolute Gasteiger partial charge is 0.349 e. The minimum absolute atomic E-state index is 0.0452. The number of hydrogen-bond donors (Lipinski definition) is 0. The van der Waals surface area contributed by atoms with Crippen molar-refractivity contribution in [1.82, 2.24) is 0 Å². The fourth-order valence-electron chi connectivity index (χ4n) is 5.58. The van der Waals surface area contributed by atoms with E-state index in [0.29, 0.717) is 11.0 Å². The molecule has 3 aromatic rings. The molecule has 0 N–H and O–H groups in total. The van der Waals surface area contributed by atoms with Gasteiger partial charge in [-0.3, -0.25) is 19.2 Å². The molecule has 6 nitrogen and oxygen atoms in total. The van der Waals surface area contributed by atoms with E-state index in [1.54, 1.807) is 30.3 Å². The van der Waals surface area contributed by atoms with Gasteiger partial charge in [0.05, 0.1) is 29.2 Å². The zero-order valence-electron chi connectivity index (χ0n) is 18.7. The number of halogens is 4. The summed E-state index contributed by atoms with van der Waals surface area (Å²) in [5.41, 5.74) is -3.35. The molecule has 6 rings (SSSR count). The number of carbonyl (C=O) groups is 4. The summed E-state index contributed by atoms with van der Waals surface area (Å²) >= 11 is 6.38. The van der Waals surface area contributed by atoms with Gasteiger partial charge in [-0.25, -0.2) is 4.90 Å². The fraction of sp³-hybridized carbons (Fsp3) is 0.185. The van der Waals surface area contributed by atoms with E-state index >= 15 is 0 Å². The summed E-state index contributed by atoms with van der Waals surface area (Å²) in [5.74, 6) is -6.38. The lowest BCUT2D eigenvalue weighted by atomic mass is 9.77. The average molecular weight is 526 g/mol. The van der Waals surface area contributed by atoms with Crippen LogP contribution in [0.25, 0.3) is 0 Å². The highest BCUT2D eigenvalue weighted by Crippen LogP contribution is 2.58. The summed E-state index contributed by atoms with van der Waals surface area (Å²) < 4.78 is 46.3. The second-order valence-electron chi connectivity index (χ2n) is 9.06. The Morgan fingerprint density at radius 3 is 2.05 bits per heavy atom. The van der Waals surface area contributed by atoms with Gasteiger partial charge in [-0.15, -0.1) is 0 Å². The van der Waals surface area contributed by atoms with Gasteiger partial charge in [-0.2, -0.15) is 13.2 Å². The third-order valence-electron chi connectivity index (χ3n) is 7.16. The second kappa shape index (κ2) is 7.84. The number of benzene rings is 3. The van der Waals surface area contributed by atoms with Crippen molar-refractivity contribution >= 4 is 40.7 Å². The maximum atomic E-state index is 13.8. The molecular formula is C27H15ClF3NO5. The number of fused-ring (bicyclic) bond motifs is 3. The lowest BCUT2D eigenvalue weighted by Crippen LogP contribution is -2.51. The molecule has 0 aromatic heterocycles. The standard InChI is InChI=1S/C27H15ClF3NO5/c28-18-11-4-3-10-17(18)21-19-20(26(37-21)22(33)15-8-1-2-9-16(15)23(26)34)25(36)32(24(19)35)14-7-5-6-13(12-14)27(29,30)31/h1-12,19-21H/t19-,20-,21-/m0/s1. The average Bonchev–Trinajstić information content (AvgIpc) is 3.44. The van der Waals surface area contributed by atoms with Gasteiger partial charge in [0.2, 0.25) is 29.0 Å². The number of rotatable bonds is 2. The first kappa shape index (κ1) is 23.6. The minimum atomic E-state index is -4.72. The van der Waals surface area contributed by atoms with E-state index in [-0.39, 0.29) is 27.4 Å². The number of Topliss-reactive ketones (excluding diaryl/α,β-unsaturated/α-hetero) is 2. The Hall–Kier alpha value is -3.82. The molecule has 0 radical (unpaired) electrons. The number of imide groups is 1. The molecule has 3 atom stereocenters. The van der Waals surface area contributed by atoms with Crippen LogP contribution >= 0.6 is 11.6 Å². The Bertz CT molecular complexity index is 1500. The number of ketones is 2. The molecule has 10 heteroatoms. The van der Waals surface area contributed by atoms with Crippen molar-refractivity contribution < 1.29 is 37.1 Å². The highest BCUT2D eigenvalue weighted by Gasteiger charge is 2.75. The second-order valence-corrected chi connectivity index (χ2v) is 9.47. The fourth-order valence-corrected chi connectivity index (χ4v) is 5.82. The zero-order chi connectivity index (χ0) is 26.3. The number of alkyl halides is 3. The maximum absolute atomic E-state index is 13.8. The summed E-state index contributed by atoms with van der Waals surface area (Å²) in [6, 6.07) is 16.0. The number of ether oxygens (including phenoxy) is 1. The van der Waals surface area contributed by atoms with Crippen LogP contribution in [0.1, 0.15) is 37.9 Å². The van der Waals surface area contributed by atoms with Crippen LogP contribution < -0.4 is 4.90 Å². The first-order chi connectivity index (χ1) is 17.6. The molecule has 1 spiro atoms. The third kappa shape index (κ3) is 3.10. The first-order valence-electron chi connectivity index (χ1n) is 11.2. The van der Waals surface area contributed by atoms with Crippen LogP contribution in [0.15, 0.2) is 72.8 Å². The van der Waals surface area contributed by atoms with E-state index in [0.717, 1.165) is 12.1 Å². The molecule has 37 heavy (non-hydrogen) atoms. The number of amides is 2. The minimum Gasteiger partial charge on any atom is -0.349 e. The van der Waals surface area contributed by atoms with Crippen molar-refractivity contribution in [1.29, 1.82) is 0 Å². The van der Waals surface area contributed by atoms with Gasteiger partial charge in [0.1, 0.15) is 0 Å². The Labute approximate surface area is 212 Å². The van der Waals surface area contributed by atoms with Gasteiger partial charge in [-0.1, -0.05) is 60.1 Å². The van der Waals surface area contributed by atoms with E-state index in [4.69, 9.17) is 16.3 Å². The Morgan fingerprint density at radius 1 is 0.811 bits per heavy atom. The Morgan fingerprint density at radius 2 is 1.43 bits per heavy atom. The topological polar surface area (TPSA) is 80.8 Å². The van der Waals surface area contributed by atoms with Crippen LogP contribution in [0, 0.1) is 11.8 Å². The number of anilines is 1.